The molecule has 0 amide bonds. The molecule has 0 aromatic heterocycles. The van der Waals surface area contributed by atoms with E-state index in [2.05, 4.69) is 21.2 Å². The van der Waals surface area contributed by atoms with E-state index in [0.717, 1.165) is 0 Å². The minimum Gasteiger partial charge on any atom is -0.370 e. The van der Waals surface area contributed by atoms with Gasteiger partial charge >= 0.3 is 0 Å². The molecule has 2 aromatic rings. The third kappa shape index (κ3) is 3.51. The molecular formula is C14H10BrCl2FN2O2. The molecular weight excluding hydrogens is 398 g/mol. The molecule has 0 radical (unpaired) electrons. The molecule has 0 heterocycles. The van der Waals surface area contributed by atoms with Gasteiger partial charge in [0.05, 0.1) is 15.4 Å². The van der Waals surface area contributed by atoms with Crippen LogP contribution in [-0.2, 0) is 0 Å². The molecule has 4 nitrogen and oxygen atoms in total. The first kappa shape index (κ1) is 17.0. The summed E-state index contributed by atoms with van der Waals surface area (Å²) in [7, 11) is 0. The fraction of sp³-hybridized carbons (Fsp3) is 0.143. The summed E-state index contributed by atoms with van der Waals surface area (Å²) in [6.45, 7) is 1.72. The molecule has 0 bridgehead atoms. The van der Waals surface area contributed by atoms with Crippen LogP contribution in [-0.4, -0.2) is 4.92 Å². The summed E-state index contributed by atoms with van der Waals surface area (Å²) < 4.78 is 14.3. The third-order valence-corrected chi connectivity index (χ3v) is 4.23. The van der Waals surface area contributed by atoms with Gasteiger partial charge in [-0.1, -0.05) is 29.3 Å². The number of nitro groups is 1. The van der Waals surface area contributed by atoms with Gasteiger partial charge in [0.2, 0.25) is 0 Å². The zero-order valence-corrected chi connectivity index (χ0v) is 14.3. The molecule has 1 atom stereocenters. The third-order valence-electron chi connectivity index (χ3n) is 3.06. The first-order chi connectivity index (χ1) is 10.3. The van der Waals surface area contributed by atoms with E-state index in [4.69, 9.17) is 23.2 Å². The number of nitrogens with zero attached hydrogens (tertiary/aromatic N) is 1. The minimum absolute atomic E-state index is 0.134. The molecule has 0 fully saturated rings. The Morgan fingerprint density at radius 2 is 2.00 bits per heavy atom. The highest BCUT2D eigenvalue weighted by Crippen LogP contribution is 2.36. The maximum absolute atomic E-state index is 14.2. The number of rotatable bonds is 4. The highest BCUT2D eigenvalue weighted by molar-refractivity contribution is 9.10. The predicted molar refractivity (Wildman–Crippen MR) is 89.3 cm³/mol. The topological polar surface area (TPSA) is 55.2 Å². The summed E-state index contributed by atoms with van der Waals surface area (Å²) in [6.07, 6.45) is 0. The van der Waals surface area contributed by atoms with Crippen molar-refractivity contribution in [3.63, 3.8) is 0 Å². The Kier molecular flexibility index (Phi) is 5.26. The minimum atomic E-state index is -0.730. The van der Waals surface area contributed by atoms with E-state index in [1.807, 2.05) is 0 Å². The zero-order chi connectivity index (χ0) is 16.4. The molecule has 0 aliphatic heterocycles. The molecule has 0 unspecified atom stereocenters. The Balaban J connectivity index is 2.41. The lowest BCUT2D eigenvalue weighted by atomic mass is 10.1. The van der Waals surface area contributed by atoms with Gasteiger partial charge in [-0.2, -0.15) is 0 Å². The van der Waals surface area contributed by atoms with Crippen LogP contribution < -0.4 is 5.32 Å². The van der Waals surface area contributed by atoms with Crippen LogP contribution in [0.4, 0.5) is 15.8 Å². The second kappa shape index (κ2) is 6.81. The number of nitro benzene ring substituents is 1. The van der Waals surface area contributed by atoms with E-state index < -0.39 is 16.8 Å². The van der Waals surface area contributed by atoms with E-state index in [9.17, 15) is 14.5 Å². The summed E-state index contributed by atoms with van der Waals surface area (Å²) in [4.78, 5) is 10.4. The molecule has 0 aliphatic rings. The molecule has 2 rings (SSSR count). The van der Waals surface area contributed by atoms with Crippen molar-refractivity contribution >= 4 is 50.5 Å². The molecule has 0 aliphatic carbocycles. The van der Waals surface area contributed by atoms with Gasteiger partial charge in [0, 0.05) is 16.1 Å². The van der Waals surface area contributed by atoms with E-state index in [-0.39, 0.29) is 15.8 Å². The molecule has 22 heavy (non-hydrogen) atoms. The molecule has 0 spiro atoms. The summed E-state index contributed by atoms with van der Waals surface area (Å²) in [5, 5.41) is 14.7. The van der Waals surface area contributed by atoms with Gasteiger partial charge in [-0.05, 0) is 46.6 Å². The average molecular weight is 408 g/mol. The smallest absolute Gasteiger partial charge is 0.295 e. The summed E-state index contributed by atoms with van der Waals surface area (Å²) in [5.41, 5.74) is 0.107. The van der Waals surface area contributed by atoms with Gasteiger partial charge in [-0.25, -0.2) is 4.39 Å². The summed E-state index contributed by atoms with van der Waals surface area (Å²) in [6, 6.07) is 6.95. The van der Waals surface area contributed by atoms with Crippen LogP contribution in [0.15, 0.2) is 34.8 Å². The van der Waals surface area contributed by atoms with Crippen LogP contribution in [0.25, 0.3) is 0 Å². The van der Waals surface area contributed by atoms with Crippen molar-refractivity contribution in [3.05, 3.63) is 66.3 Å². The fourth-order valence-electron chi connectivity index (χ4n) is 1.98. The van der Waals surface area contributed by atoms with Crippen molar-refractivity contribution in [1.82, 2.24) is 0 Å². The van der Waals surface area contributed by atoms with Crippen LogP contribution in [0.3, 0.4) is 0 Å². The van der Waals surface area contributed by atoms with Gasteiger partial charge in [0.1, 0.15) is 0 Å². The number of anilines is 1. The molecule has 0 saturated carbocycles. The van der Waals surface area contributed by atoms with Crippen LogP contribution in [0.2, 0.25) is 10.0 Å². The van der Waals surface area contributed by atoms with Gasteiger partial charge in [-0.3, -0.25) is 10.1 Å². The largest absolute Gasteiger partial charge is 0.370 e. The number of benzene rings is 2. The van der Waals surface area contributed by atoms with E-state index in [0.29, 0.717) is 15.6 Å². The van der Waals surface area contributed by atoms with Crippen molar-refractivity contribution in [2.24, 2.45) is 0 Å². The van der Waals surface area contributed by atoms with Gasteiger partial charge in [-0.15, -0.1) is 0 Å². The Bertz CT molecular complexity index is 743. The van der Waals surface area contributed by atoms with Gasteiger partial charge in [0.25, 0.3) is 5.69 Å². The molecule has 1 N–H and O–H groups in total. The van der Waals surface area contributed by atoms with E-state index >= 15 is 0 Å². The Morgan fingerprint density at radius 3 is 2.59 bits per heavy atom. The average Bonchev–Trinajstić information content (AvgIpc) is 2.43. The Hall–Kier alpha value is -1.37. The second-order valence-electron chi connectivity index (χ2n) is 4.54. The number of hydrogen-bond acceptors (Lipinski definition) is 3. The normalized spacial score (nSPS) is 12.0. The fourth-order valence-corrected chi connectivity index (χ4v) is 2.88. The van der Waals surface area contributed by atoms with Crippen molar-refractivity contribution in [3.8, 4) is 0 Å². The standard InChI is InChI=1S/C14H10BrCl2FN2O2/c1-7(9-3-2-8(16)6-11(9)17)19-14-12(20(21)22)5-4-10(15)13(14)18/h2-7,19H,1H3/t7-/m1/s1. The van der Waals surface area contributed by atoms with Crippen molar-refractivity contribution < 1.29 is 9.31 Å². The molecule has 0 saturated heterocycles. The van der Waals surface area contributed by atoms with Crippen molar-refractivity contribution in [1.29, 1.82) is 0 Å². The zero-order valence-electron chi connectivity index (χ0n) is 11.2. The maximum atomic E-state index is 14.2. The SMILES string of the molecule is C[C@@H](Nc1c([N+](=O)[O-])ccc(Br)c1F)c1ccc(Cl)cc1Cl. The van der Waals surface area contributed by atoms with Crippen molar-refractivity contribution in [2.75, 3.05) is 5.32 Å². The summed E-state index contributed by atoms with van der Waals surface area (Å²) in [5.74, 6) is -0.730. The first-order valence-electron chi connectivity index (χ1n) is 6.15. The lowest BCUT2D eigenvalue weighted by Crippen LogP contribution is -2.10. The lowest BCUT2D eigenvalue weighted by molar-refractivity contribution is -0.384. The highest BCUT2D eigenvalue weighted by Gasteiger charge is 2.23. The quantitative estimate of drug-likeness (QED) is 0.501. The first-order valence-corrected chi connectivity index (χ1v) is 7.70. The lowest BCUT2D eigenvalue weighted by Gasteiger charge is -2.18. The maximum Gasteiger partial charge on any atom is 0.295 e. The van der Waals surface area contributed by atoms with Crippen LogP contribution in [0.1, 0.15) is 18.5 Å². The molecule has 2 aromatic carbocycles. The Labute approximate surface area is 144 Å². The Morgan fingerprint density at radius 1 is 1.32 bits per heavy atom. The van der Waals surface area contributed by atoms with E-state index in [1.54, 1.807) is 25.1 Å². The van der Waals surface area contributed by atoms with Crippen LogP contribution in [0, 0.1) is 15.9 Å². The second-order valence-corrected chi connectivity index (χ2v) is 6.24. The monoisotopic (exact) mass is 406 g/mol. The predicted octanol–water partition coefficient (Wildman–Crippen LogP) is 5.98. The molecule has 116 valence electrons. The number of halogens is 4. The van der Waals surface area contributed by atoms with Crippen LogP contribution in [0.5, 0.6) is 0 Å². The van der Waals surface area contributed by atoms with Crippen molar-refractivity contribution in [2.45, 2.75) is 13.0 Å². The number of nitrogens with one attached hydrogen (secondary N) is 1. The highest BCUT2D eigenvalue weighted by atomic mass is 79.9. The van der Waals surface area contributed by atoms with Crippen LogP contribution >= 0.6 is 39.1 Å². The summed E-state index contributed by atoms with van der Waals surface area (Å²) >= 11 is 15.0. The van der Waals surface area contributed by atoms with Gasteiger partial charge in [0.15, 0.2) is 11.5 Å². The number of hydrogen-bond donors (Lipinski definition) is 1. The van der Waals surface area contributed by atoms with Gasteiger partial charge < -0.3 is 5.32 Å². The van der Waals surface area contributed by atoms with E-state index in [1.165, 1.54) is 12.1 Å². The molecule has 8 heteroatoms.